The van der Waals surface area contributed by atoms with E-state index in [1.807, 2.05) is 0 Å². The Balaban J connectivity index is 1.90. The number of anilines is 3. The second kappa shape index (κ2) is 8.16. The van der Waals surface area contributed by atoms with Gasteiger partial charge in [0.1, 0.15) is 0 Å². The molecule has 1 aromatic carbocycles. The maximum Gasteiger partial charge on any atom is 0.246 e. The molecule has 0 radical (unpaired) electrons. The summed E-state index contributed by atoms with van der Waals surface area (Å²) >= 11 is 9.97. The summed E-state index contributed by atoms with van der Waals surface area (Å²) in [5, 5.41) is 3.46. The van der Waals surface area contributed by atoms with Crippen LogP contribution in [0.4, 0.5) is 17.1 Å². The van der Waals surface area contributed by atoms with Gasteiger partial charge in [0.25, 0.3) is 0 Å². The fourth-order valence-corrected chi connectivity index (χ4v) is 2.97. The fourth-order valence-electron chi connectivity index (χ4n) is 2.45. The first-order valence-corrected chi connectivity index (χ1v) is 8.21. The van der Waals surface area contributed by atoms with E-state index in [2.05, 4.69) is 29.4 Å². The van der Waals surface area contributed by atoms with Gasteiger partial charge >= 0.3 is 0 Å². The minimum absolute atomic E-state index is 0.0598. The molecule has 0 aromatic heterocycles. The second-order valence-corrected chi connectivity index (χ2v) is 5.89. The summed E-state index contributed by atoms with van der Waals surface area (Å²) in [6, 6.07) is 3.38. The summed E-state index contributed by atoms with van der Waals surface area (Å²) < 4.78 is 2.63. The molecule has 1 aromatic rings. The summed E-state index contributed by atoms with van der Waals surface area (Å²) in [4.78, 5) is 27.2. The van der Waals surface area contributed by atoms with E-state index in [4.69, 9.17) is 17.3 Å². The number of nitrogens with two attached hydrogens (primary N) is 1. The van der Waals surface area contributed by atoms with Crippen molar-refractivity contribution >= 4 is 53.3 Å². The van der Waals surface area contributed by atoms with Gasteiger partial charge in [0, 0.05) is 26.2 Å². The van der Waals surface area contributed by atoms with Gasteiger partial charge in [-0.2, -0.15) is 0 Å². The highest BCUT2D eigenvalue weighted by Gasteiger charge is 2.22. The van der Waals surface area contributed by atoms with Crippen molar-refractivity contribution in [3.63, 3.8) is 0 Å². The van der Waals surface area contributed by atoms with E-state index >= 15 is 0 Å². The number of nitrogens with one attached hydrogen (secondary N) is 2. The number of nitrogen functional groups attached to an aromatic ring is 1. The minimum Gasteiger partial charge on any atom is -0.395 e. The van der Waals surface area contributed by atoms with Crippen LogP contribution in [0, 0.1) is 0 Å². The zero-order chi connectivity index (χ0) is 17.7. The van der Waals surface area contributed by atoms with Crippen LogP contribution in [-0.2, 0) is 9.59 Å². The zero-order valence-corrected chi connectivity index (χ0v) is 14.7. The van der Waals surface area contributed by atoms with Crippen LogP contribution in [0.15, 0.2) is 24.8 Å². The Morgan fingerprint density at radius 1 is 1.29 bits per heavy atom. The number of hydrogen-bond donors (Lipinski definition) is 4. The predicted molar refractivity (Wildman–Crippen MR) is 100 cm³/mol. The van der Waals surface area contributed by atoms with Crippen LogP contribution in [0.25, 0.3) is 0 Å². The number of hydrogen-bond acceptors (Lipinski definition) is 6. The Bertz CT molecular complexity index is 647. The third kappa shape index (κ3) is 4.07. The van der Waals surface area contributed by atoms with E-state index in [-0.39, 0.29) is 18.4 Å². The molecule has 0 unspecified atom stereocenters. The van der Waals surface area contributed by atoms with Gasteiger partial charge in [0.2, 0.25) is 11.8 Å². The van der Waals surface area contributed by atoms with Gasteiger partial charge in [0.05, 0.1) is 28.6 Å². The highest BCUT2D eigenvalue weighted by molar-refractivity contribution is 7.81. The molecule has 1 aliphatic heterocycles. The first-order chi connectivity index (χ1) is 11.5. The number of rotatable bonds is 5. The number of nitrogens with zero attached hydrogens (tertiary/aromatic N) is 2. The van der Waals surface area contributed by atoms with Crippen molar-refractivity contribution in [2.24, 2.45) is 0 Å². The topological polar surface area (TPSA) is 90.7 Å². The average Bonchev–Trinajstić information content (AvgIpc) is 2.60. The Kier molecular flexibility index (Phi) is 6.22. The van der Waals surface area contributed by atoms with Crippen molar-refractivity contribution in [1.29, 1.82) is 0 Å². The lowest BCUT2D eigenvalue weighted by molar-refractivity contribution is -0.135. The van der Waals surface area contributed by atoms with Gasteiger partial charge in [-0.15, -0.1) is 0 Å². The van der Waals surface area contributed by atoms with Crippen LogP contribution in [0.3, 0.4) is 0 Å². The number of amides is 2. The molecule has 9 heteroatoms. The standard InChI is InChI=1S/C15H20ClN5O2S/c1-2-12(22)20-5-7-21(8-6-20)13(23)9-18-11-4-3-10(16)15(19-24)14(11)17/h2-4,18-19,24H,1,5-9,17H2. The smallest absolute Gasteiger partial charge is 0.246 e. The monoisotopic (exact) mass is 369 g/mol. The minimum atomic E-state index is -0.110. The van der Waals surface area contributed by atoms with E-state index in [0.29, 0.717) is 48.3 Å². The second-order valence-electron chi connectivity index (χ2n) is 5.26. The largest absolute Gasteiger partial charge is 0.395 e. The highest BCUT2D eigenvalue weighted by Crippen LogP contribution is 2.34. The summed E-state index contributed by atoms with van der Waals surface area (Å²) in [6.45, 7) is 5.59. The molecule has 1 heterocycles. The van der Waals surface area contributed by atoms with Crippen LogP contribution in [0.2, 0.25) is 5.02 Å². The molecule has 1 aliphatic rings. The molecule has 1 fully saturated rings. The lowest BCUT2D eigenvalue weighted by atomic mass is 10.2. The first-order valence-electron chi connectivity index (χ1n) is 7.39. The van der Waals surface area contributed by atoms with Gasteiger partial charge in [-0.25, -0.2) is 0 Å². The molecular weight excluding hydrogens is 350 g/mol. The molecule has 0 saturated carbocycles. The normalized spacial score (nSPS) is 14.2. The molecule has 130 valence electrons. The molecule has 0 bridgehead atoms. The van der Waals surface area contributed by atoms with E-state index < -0.39 is 0 Å². The Hall–Kier alpha value is -2.06. The molecule has 7 nitrogen and oxygen atoms in total. The molecule has 0 aliphatic carbocycles. The molecular formula is C15H20ClN5O2S. The van der Waals surface area contributed by atoms with Crippen LogP contribution in [-0.4, -0.2) is 54.3 Å². The average molecular weight is 370 g/mol. The molecule has 0 spiro atoms. The zero-order valence-electron chi connectivity index (χ0n) is 13.1. The van der Waals surface area contributed by atoms with Crippen LogP contribution in [0.5, 0.6) is 0 Å². The van der Waals surface area contributed by atoms with Crippen molar-refractivity contribution in [2.75, 3.05) is 48.5 Å². The number of thiol groups is 1. The lowest BCUT2D eigenvalue weighted by Crippen LogP contribution is -2.51. The van der Waals surface area contributed by atoms with Gasteiger partial charge in [-0.1, -0.05) is 31.0 Å². The Morgan fingerprint density at radius 2 is 1.92 bits per heavy atom. The van der Waals surface area contributed by atoms with E-state index in [1.165, 1.54) is 6.08 Å². The van der Waals surface area contributed by atoms with Gasteiger partial charge in [0.15, 0.2) is 0 Å². The maximum atomic E-state index is 12.3. The third-order valence-corrected chi connectivity index (χ3v) is 4.39. The Labute approximate surface area is 151 Å². The molecule has 1 saturated heterocycles. The SMILES string of the molecule is C=CC(=O)N1CCN(C(=O)CNc2ccc(Cl)c(NS)c2N)CC1. The number of carbonyl (C=O) groups excluding carboxylic acids is 2. The first kappa shape index (κ1) is 18.3. The maximum absolute atomic E-state index is 12.3. The molecule has 4 N–H and O–H groups in total. The van der Waals surface area contributed by atoms with Crippen molar-refractivity contribution in [2.45, 2.75) is 0 Å². The van der Waals surface area contributed by atoms with E-state index in [1.54, 1.807) is 21.9 Å². The van der Waals surface area contributed by atoms with E-state index in [0.717, 1.165) is 0 Å². The van der Waals surface area contributed by atoms with Gasteiger partial charge < -0.3 is 25.6 Å². The van der Waals surface area contributed by atoms with Crippen molar-refractivity contribution in [1.82, 2.24) is 9.80 Å². The van der Waals surface area contributed by atoms with Gasteiger partial charge in [-0.05, 0) is 18.2 Å². The fraction of sp³-hybridized carbons (Fsp3) is 0.333. The number of piperazine rings is 1. The summed E-state index contributed by atoms with van der Waals surface area (Å²) in [5.74, 6) is -0.170. The molecule has 0 atom stereocenters. The van der Waals surface area contributed by atoms with Crippen molar-refractivity contribution in [3.8, 4) is 0 Å². The lowest BCUT2D eigenvalue weighted by Gasteiger charge is -2.34. The van der Waals surface area contributed by atoms with E-state index in [9.17, 15) is 9.59 Å². The quantitative estimate of drug-likeness (QED) is 0.358. The summed E-state index contributed by atoms with van der Waals surface area (Å²) in [7, 11) is 0. The van der Waals surface area contributed by atoms with Crippen molar-refractivity contribution in [3.05, 3.63) is 29.8 Å². The van der Waals surface area contributed by atoms with Crippen LogP contribution in [0.1, 0.15) is 0 Å². The van der Waals surface area contributed by atoms with Crippen molar-refractivity contribution < 1.29 is 9.59 Å². The van der Waals surface area contributed by atoms with Crippen LogP contribution < -0.4 is 15.8 Å². The van der Waals surface area contributed by atoms with Crippen LogP contribution >= 0.6 is 24.4 Å². The number of benzene rings is 1. The highest BCUT2D eigenvalue weighted by atomic mass is 35.5. The molecule has 24 heavy (non-hydrogen) atoms. The molecule has 2 amide bonds. The number of halogens is 1. The Morgan fingerprint density at radius 3 is 2.50 bits per heavy atom. The molecule has 2 rings (SSSR count). The summed E-state index contributed by atoms with van der Waals surface area (Å²) in [6.07, 6.45) is 1.29. The van der Waals surface area contributed by atoms with Gasteiger partial charge in [-0.3, -0.25) is 9.59 Å². The summed E-state index contributed by atoms with van der Waals surface area (Å²) in [5.41, 5.74) is 7.48. The number of carbonyl (C=O) groups is 2. The predicted octanol–water partition coefficient (Wildman–Crippen LogP) is 1.45. The third-order valence-electron chi connectivity index (χ3n) is 3.86.